The summed E-state index contributed by atoms with van der Waals surface area (Å²) in [6.45, 7) is 10.1. The molecule has 6 nitrogen and oxygen atoms in total. The van der Waals surface area contributed by atoms with Crippen LogP contribution in [-0.4, -0.2) is 67.9 Å². The van der Waals surface area contributed by atoms with Gasteiger partial charge < -0.3 is 25.4 Å². The van der Waals surface area contributed by atoms with Gasteiger partial charge in [0.05, 0.1) is 12.6 Å². The van der Waals surface area contributed by atoms with E-state index < -0.39 is 0 Å². The molecular weight excluding hydrogens is 328 g/mol. The van der Waals surface area contributed by atoms with Gasteiger partial charge in [-0.05, 0) is 51.8 Å². The Hall–Kier alpha value is -1.79. The zero-order valence-electron chi connectivity index (χ0n) is 16.2. The van der Waals surface area contributed by atoms with Crippen LogP contribution in [0.2, 0.25) is 0 Å². The summed E-state index contributed by atoms with van der Waals surface area (Å²) in [5, 5.41) is 16.1. The molecule has 0 unspecified atom stereocenters. The number of hydrogen-bond donors (Lipinski definition) is 3. The minimum absolute atomic E-state index is 0.101. The summed E-state index contributed by atoms with van der Waals surface area (Å²) in [5.74, 6) is 1.74. The van der Waals surface area contributed by atoms with Crippen molar-refractivity contribution in [2.45, 2.75) is 39.2 Å². The van der Waals surface area contributed by atoms with E-state index in [0.717, 1.165) is 63.7 Å². The summed E-state index contributed by atoms with van der Waals surface area (Å²) in [4.78, 5) is 7.05. The molecule has 0 radical (unpaired) electrons. The second-order valence-electron chi connectivity index (χ2n) is 6.78. The van der Waals surface area contributed by atoms with E-state index in [2.05, 4.69) is 46.5 Å². The van der Waals surface area contributed by atoms with E-state index in [9.17, 15) is 5.11 Å². The van der Waals surface area contributed by atoms with Crippen molar-refractivity contribution in [2.24, 2.45) is 4.99 Å². The summed E-state index contributed by atoms with van der Waals surface area (Å²) >= 11 is 0. The number of nitrogens with one attached hydrogen (secondary N) is 2. The van der Waals surface area contributed by atoms with Crippen LogP contribution in [0.25, 0.3) is 0 Å². The fraction of sp³-hybridized carbons (Fsp3) is 0.650. The highest BCUT2D eigenvalue weighted by molar-refractivity contribution is 5.79. The van der Waals surface area contributed by atoms with E-state index in [0.29, 0.717) is 13.2 Å². The minimum Gasteiger partial charge on any atom is -0.492 e. The van der Waals surface area contributed by atoms with Gasteiger partial charge in [-0.25, -0.2) is 0 Å². The van der Waals surface area contributed by atoms with Gasteiger partial charge in [0.15, 0.2) is 5.96 Å². The maximum atomic E-state index is 9.54. The lowest BCUT2D eigenvalue weighted by atomic mass is 10.1. The fourth-order valence-electron chi connectivity index (χ4n) is 2.94. The predicted molar refractivity (Wildman–Crippen MR) is 107 cm³/mol. The lowest BCUT2D eigenvalue weighted by Crippen LogP contribution is -2.39. The van der Waals surface area contributed by atoms with E-state index in [1.54, 1.807) is 0 Å². The van der Waals surface area contributed by atoms with Gasteiger partial charge in [0.25, 0.3) is 0 Å². The number of likely N-dealkylation sites (tertiary alicyclic amines) is 1. The van der Waals surface area contributed by atoms with Gasteiger partial charge >= 0.3 is 0 Å². The van der Waals surface area contributed by atoms with E-state index in [1.807, 2.05) is 12.1 Å². The molecule has 2 rings (SSSR count). The number of piperidine rings is 1. The van der Waals surface area contributed by atoms with Gasteiger partial charge in [-0.2, -0.15) is 0 Å². The highest BCUT2D eigenvalue weighted by Crippen LogP contribution is 2.11. The summed E-state index contributed by atoms with van der Waals surface area (Å²) in [6, 6.07) is 8.09. The Bertz CT molecular complexity index is 525. The smallest absolute Gasteiger partial charge is 0.191 e. The first-order valence-corrected chi connectivity index (χ1v) is 9.79. The largest absolute Gasteiger partial charge is 0.492 e. The van der Waals surface area contributed by atoms with Crippen molar-refractivity contribution < 1.29 is 9.84 Å². The van der Waals surface area contributed by atoms with Crippen molar-refractivity contribution in [3.8, 4) is 5.75 Å². The molecule has 1 aliphatic heterocycles. The molecule has 1 saturated heterocycles. The third-order valence-corrected chi connectivity index (χ3v) is 4.49. The van der Waals surface area contributed by atoms with Gasteiger partial charge in [-0.15, -0.1) is 0 Å². The van der Waals surface area contributed by atoms with Crippen LogP contribution >= 0.6 is 0 Å². The lowest BCUT2D eigenvalue weighted by molar-refractivity contribution is 0.0824. The zero-order valence-corrected chi connectivity index (χ0v) is 16.2. The lowest BCUT2D eigenvalue weighted by Gasteiger charge is -2.29. The third kappa shape index (κ3) is 8.06. The Labute approximate surface area is 157 Å². The summed E-state index contributed by atoms with van der Waals surface area (Å²) < 4.78 is 5.73. The predicted octanol–water partition coefficient (Wildman–Crippen LogP) is 1.78. The summed E-state index contributed by atoms with van der Waals surface area (Å²) in [6.07, 6.45) is 2.73. The molecule has 1 aromatic carbocycles. The van der Waals surface area contributed by atoms with Crippen molar-refractivity contribution in [1.82, 2.24) is 15.5 Å². The monoisotopic (exact) mass is 362 g/mol. The van der Waals surface area contributed by atoms with Crippen LogP contribution in [0.4, 0.5) is 0 Å². The maximum Gasteiger partial charge on any atom is 0.191 e. The summed E-state index contributed by atoms with van der Waals surface area (Å²) in [7, 11) is 0. The molecule has 0 bridgehead atoms. The molecule has 1 fully saturated rings. The van der Waals surface area contributed by atoms with Crippen molar-refractivity contribution >= 4 is 5.96 Å². The minimum atomic E-state index is -0.101. The van der Waals surface area contributed by atoms with Gasteiger partial charge in [0.2, 0.25) is 0 Å². The van der Waals surface area contributed by atoms with Gasteiger partial charge in [-0.1, -0.05) is 17.7 Å². The molecule has 0 aromatic heterocycles. The Morgan fingerprint density at radius 2 is 1.96 bits per heavy atom. The first-order chi connectivity index (χ1) is 12.7. The highest BCUT2D eigenvalue weighted by Gasteiger charge is 2.15. The SMILES string of the molecule is CCNC(=NCCCN1CCC(O)CC1)NCCOc1ccc(C)cc1. The molecular formula is C20H34N4O2. The average Bonchev–Trinajstić information content (AvgIpc) is 2.65. The van der Waals surface area contributed by atoms with Crippen LogP contribution in [0.5, 0.6) is 5.75 Å². The Kier molecular flexibility index (Phi) is 9.28. The van der Waals surface area contributed by atoms with Crippen molar-refractivity contribution in [3.63, 3.8) is 0 Å². The van der Waals surface area contributed by atoms with Crippen molar-refractivity contribution in [2.75, 3.05) is 45.9 Å². The number of benzene rings is 1. The summed E-state index contributed by atoms with van der Waals surface area (Å²) in [5.41, 5.74) is 1.23. The van der Waals surface area contributed by atoms with Gasteiger partial charge in [-0.3, -0.25) is 4.99 Å². The molecule has 3 N–H and O–H groups in total. The quantitative estimate of drug-likeness (QED) is 0.355. The molecule has 0 spiro atoms. The first kappa shape index (κ1) is 20.5. The number of aliphatic hydroxyl groups is 1. The van der Waals surface area contributed by atoms with Crippen molar-refractivity contribution in [1.29, 1.82) is 0 Å². The number of nitrogens with zero attached hydrogens (tertiary/aromatic N) is 2. The normalized spacial score (nSPS) is 16.5. The Balaban J connectivity index is 1.61. The second kappa shape index (κ2) is 11.8. The van der Waals surface area contributed by atoms with Crippen LogP contribution in [0.15, 0.2) is 29.3 Å². The fourth-order valence-corrected chi connectivity index (χ4v) is 2.94. The number of guanidine groups is 1. The van der Waals surface area contributed by atoms with E-state index in [-0.39, 0.29) is 6.10 Å². The number of aliphatic hydroxyl groups excluding tert-OH is 1. The number of ether oxygens (including phenoxy) is 1. The molecule has 1 aromatic rings. The second-order valence-corrected chi connectivity index (χ2v) is 6.78. The molecule has 6 heteroatoms. The molecule has 0 amide bonds. The molecule has 1 heterocycles. The van der Waals surface area contributed by atoms with Crippen LogP contribution in [-0.2, 0) is 0 Å². The number of aryl methyl sites for hydroxylation is 1. The molecule has 146 valence electrons. The van der Waals surface area contributed by atoms with E-state index in [4.69, 9.17) is 4.74 Å². The highest BCUT2D eigenvalue weighted by atomic mass is 16.5. The number of hydrogen-bond acceptors (Lipinski definition) is 4. The van der Waals surface area contributed by atoms with Crippen molar-refractivity contribution in [3.05, 3.63) is 29.8 Å². The van der Waals surface area contributed by atoms with Crippen LogP contribution in [0, 0.1) is 6.92 Å². The molecule has 0 atom stereocenters. The number of aliphatic imine (C=N–C) groups is 1. The maximum absolute atomic E-state index is 9.54. The Morgan fingerprint density at radius 3 is 2.65 bits per heavy atom. The van der Waals surface area contributed by atoms with Crippen LogP contribution < -0.4 is 15.4 Å². The molecule has 1 aliphatic rings. The van der Waals surface area contributed by atoms with E-state index in [1.165, 1.54) is 5.56 Å². The topological polar surface area (TPSA) is 69.1 Å². The molecule has 0 saturated carbocycles. The van der Waals surface area contributed by atoms with E-state index >= 15 is 0 Å². The first-order valence-electron chi connectivity index (χ1n) is 9.79. The third-order valence-electron chi connectivity index (χ3n) is 4.49. The van der Waals surface area contributed by atoms with Gasteiger partial charge in [0, 0.05) is 26.2 Å². The molecule has 26 heavy (non-hydrogen) atoms. The number of rotatable bonds is 9. The standard InChI is InChI=1S/C20H34N4O2/c1-3-21-20(22-11-4-13-24-14-9-18(25)10-15-24)23-12-16-26-19-7-5-17(2)6-8-19/h5-8,18,25H,3-4,9-16H2,1-2H3,(H2,21,22,23). The average molecular weight is 363 g/mol. The van der Waals surface area contributed by atoms with Crippen LogP contribution in [0.3, 0.4) is 0 Å². The Morgan fingerprint density at radius 1 is 1.23 bits per heavy atom. The van der Waals surface area contributed by atoms with Gasteiger partial charge in [0.1, 0.15) is 12.4 Å². The molecule has 0 aliphatic carbocycles. The van der Waals surface area contributed by atoms with Crippen LogP contribution in [0.1, 0.15) is 31.7 Å². The zero-order chi connectivity index (χ0) is 18.6.